The maximum atomic E-state index is 13.0. The molecule has 4 rings (SSSR count). The Kier molecular flexibility index (Phi) is 2.94. The first-order valence-electron chi connectivity index (χ1n) is 6.91. The third-order valence-corrected chi connectivity index (χ3v) is 5.40. The zero-order valence-corrected chi connectivity index (χ0v) is 12.9. The SMILES string of the molecule is O=c1[nH]c(=O)c2ncn(S(=O)(=O)c3cccc4ccccc34)c2[nH]1. The molecule has 0 aliphatic rings. The number of rotatable bonds is 2. The predicted octanol–water partition coefficient (Wildman–Crippen LogP) is 0.803. The summed E-state index contributed by atoms with van der Waals surface area (Å²) in [7, 11) is -4.05. The van der Waals surface area contributed by atoms with Crippen LogP contribution >= 0.6 is 0 Å². The second-order valence-electron chi connectivity index (χ2n) is 5.13. The van der Waals surface area contributed by atoms with Crippen LogP contribution in [0, 0.1) is 0 Å². The zero-order chi connectivity index (χ0) is 16.9. The number of hydrogen-bond acceptors (Lipinski definition) is 5. The summed E-state index contributed by atoms with van der Waals surface area (Å²) in [6, 6.07) is 11.9. The molecular formula is C15H10N4O4S. The van der Waals surface area contributed by atoms with E-state index < -0.39 is 21.3 Å². The molecule has 0 saturated heterocycles. The number of H-pyrrole nitrogens is 2. The summed E-state index contributed by atoms with van der Waals surface area (Å²) in [6.07, 6.45) is 1.01. The van der Waals surface area contributed by atoms with Crippen molar-refractivity contribution in [3.63, 3.8) is 0 Å². The van der Waals surface area contributed by atoms with Crippen molar-refractivity contribution in [2.45, 2.75) is 4.90 Å². The Morgan fingerprint density at radius 1 is 0.958 bits per heavy atom. The van der Waals surface area contributed by atoms with Gasteiger partial charge < -0.3 is 0 Å². The molecule has 2 N–H and O–H groups in total. The van der Waals surface area contributed by atoms with Gasteiger partial charge in [-0.15, -0.1) is 0 Å². The highest BCUT2D eigenvalue weighted by Crippen LogP contribution is 2.25. The van der Waals surface area contributed by atoms with Crippen LogP contribution in [0.4, 0.5) is 0 Å². The maximum Gasteiger partial charge on any atom is 0.327 e. The van der Waals surface area contributed by atoms with Crippen LogP contribution in [0.15, 0.2) is 63.3 Å². The van der Waals surface area contributed by atoms with Crippen LogP contribution in [0.25, 0.3) is 21.9 Å². The van der Waals surface area contributed by atoms with Crippen LogP contribution in [-0.4, -0.2) is 27.3 Å². The molecule has 0 fully saturated rings. The largest absolute Gasteiger partial charge is 0.327 e. The van der Waals surface area contributed by atoms with Gasteiger partial charge in [0.25, 0.3) is 15.6 Å². The fourth-order valence-electron chi connectivity index (χ4n) is 2.62. The summed E-state index contributed by atoms with van der Waals surface area (Å²) < 4.78 is 26.9. The molecule has 9 heteroatoms. The summed E-state index contributed by atoms with van der Waals surface area (Å²) in [5, 5.41) is 1.29. The van der Waals surface area contributed by atoms with E-state index in [4.69, 9.17) is 0 Å². The summed E-state index contributed by atoms with van der Waals surface area (Å²) in [4.78, 5) is 31.4. The molecule has 4 aromatic rings. The minimum atomic E-state index is -4.05. The van der Waals surface area contributed by atoms with E-state index >= 15 is 0 Å². The number of benzene rings is 2. The molecule has 0 unspecified atom stereocenters. The first kappa shape index (κ1) is 14.4. The van der Waals surface area contributed by atoms with Crippen molar-refractivity contribution < 1.29 is 8.42 Å². The number of fused-ring (bicyclic) bond motifs is 2. The molecule has 2 heterocycles. The average Bonchev–Trinajstić information content (AvgIpc) is 2.99. The van der Waals surface area contributed by atoms with Gasteiger partial charge in [-0.2, -0.15) is 0 Å². The molecule has 0 aliphatic carbocycles. The van der Waals surface area contributed by atoms with E-state index in [2.05, 4.69) is 9.97 Å². The van der Waals surface area contributed by atoms with Crippen LogP contribution in [0.3, 0.4) is 0 Å². The number of hydrogen-bond donors (Lipinski definition) is 2. The molecule has 8 nitrogen and oxygen atoms in total. The van der Waals surface area contributed by atoms with Crippen LogP contribution in [0.5, 0.6) is 0 Å². The Labute approximate surface area is 134 Å². The van der Waals surface area contributed by atoms with Crippen LogP contribution in [-0.2, 0) is 10.0 Å². The van der Waals surface area contributed by atoms with Crippen LogP contribution in [0.1, 0.15) is 0 Å². The minimum absolute atomic E-state index is 0.0565. The van der Waals surface area contributed by atoms with Gasteiger partial charge in [0.1, 0.15) is 6.33 Å². The van der Waals surface area contributed by atoms with Gasteiger partial charge in [-0.1, -0.05) is 36.4 Å². The second-order valence-corrected chi connectivity index (χ2v) is 6.91. The summed E-state index contributed by atoms with van der Waals surface area (Å²) in [5.41, 5.74) is -1.88. The summed E-state index contributed by atoms with van der Waals surface area (Å²) >= 11 is 0. The topological polar surface area (TPSA) is 118 Å². The van der Waals surface area contributed by atoms with E-state index in [0.717, 1.165) is 15.7 Å². The Morgan fingerprint density at radius 3 is 2.54 bits per heavy atom. The molecule has 24 heavy (non-hydrogen) atoms. The van der Waals surface area contributed by atoms with E-state index in [1.807, 2.05) is 11.1 Å². The normalized spacial score (nSPS) is 12.0. The monoisotopic (exact) mass is 342 g/mol. The molecule has 0 saturated carbocycles. The highest BCUT2D eigenvalue weighted by Gasteiger charge is 2.23. The van der Waals surface area contributed by atoms with Gasteiger partial charge in [-0.05, 0) is 11.5 Å². The molecule has 2 aromatic carbocycles. The van der Waals surface area contributed by atoms with Crippen molar-refractivity contribution in [3.8, 4) is 0 Å². The highest BCUT2D eigenvalue weighted by atomic mass is 32.2. The Balaban J connectivity index is 2.09. The number of nitrogens with one attached hydrogen (secondary N) is 2. The Hall–Kier alpha value is -3.20. The van der Waals surface area contributed by atoms with E-state index in [1.165, 1.54) is 6.07 Å². The van der Waals surface area contributed by atoms with Crippen LogP contribution < -0.4 is 11.2 Å². The van der Waals surface area contributed by atoms with Gasteiger partial charge in [-0.3, -0.25) is 14.8 Å². The lowest BCUT2D eigenvalue weighted by Gasteiger charge is -2.09. The van der Waals surface area contributed by atoms with Gasteiger partial charge in [0, 0.05) is 5.39 Å². The maximum absolute atomic E-state index is 13.0. The molecule has 0 bridgehead atoms. The minimum Gasteiger partial charge on any atom is -0.291 e. The van der Waals surface area contributed by atoms with Crippen molar-refractivity contribution in [3.05, 3.63) is 69.6 Å². The molecular weight excluding hydrogens is 332 g/mol. The van der Waals surface area contributed by atoms with Crippen molar-refractivity contribution in [2.24, 2.45) is 0 Å². The smallest absolute Gasteiger partial charge is 0.291 e. The first-order chi connectivity index (χ1) is 11.5. The third-order valence-electron chi connectivity index (χ3n) is 3.70. The van der Waals surface area contributed by atoms with Crippen LogP contribution in [0.2, 0.25) is 0 Å². The number of imidazole rings is 1. The van der Waals surface area contributed by atoms with E-state index in [0.29, 0.717) is 5.39 Å². The van der Waals surface area contributed by atoms with Gasteiger partial charge in [0.2, 0.25) is 0 Å². The third kappa shape index (κ3) is 1.98. The quantitative estimate of drug-likeness (QED) is 0.559. The molecule has 0 atom stereocenters. The zero-order valence-electron chi connectivity index (χ0n) is 12.1. The predicted molar refractivity (Wildman–Crippen MR) is 87.5 cm³/mol. The standard InChI is InChI=1S/C15H10N4O4S/c20-14-12-13(17-15(21)18-14)19(8-16-12)24(22,23)11-7-3-5-9-4-1-2-6-10(9)11/h1-8H,(H2,17,18,20,21). The van der Waals surface area contributed by atoms with E-state index in [9.17, 15) is 18.0 Å². The van der Waals surface area contributed by atoms with Gasteiger partial charge in [0.15, 0.2) is 11.2 Å². The molecule has 0 amide bonds. The van der Waals surface area contributed by atoms with Crippen molar-refractivity contribution >= 4 is 32.0 Å². The van der Waals surface area contributed by atoms with Crippen molar-refractivity contribution in [1.82, 2.24) is 18.9 Å². The molecule has 120 valence electrons. The molecule has 0 spiro atoms. The van der Waals surface area contributed by atoms with Gasteiger partial charge in [-0.25, -0.2) is 22.2 Å². The highest BCUT2D eigenvalue weighted by molar-refractivity contribution is 7.90. The average molecular weight is 342 g/mol. The lowest BCUT2D eigenvalue weighted by atomic mass is 10.1. The Morgan fingerprint density at radius 2 is 1.71 bits per heavy atom. The lowest BCUT2D eigenvalue weighted by Crippen LogP contribution is -2.23. The van der Waals surface area contributed by atoms with E-state index in [-0.39, 0.29) is 16.1 Å². The molecule has 0 radical (unpaired) electrons. The number of nitrogens with zero attached hydrogens (tertiary/aromatic N) is 2. The lowest BCUT2D eigenvalue weighted by molar-refractivity contribution is 0.589. The summed E-state index contributed by atoms with van der Waals surface area (Å²) in [6.45, 7) is 0. The fourth-order valence-corrected chi connectivity index (χ4v) is 4.09. The van der Waals surface area contributed by atoms with Crippen molar-refractivity contribution in [2.75, 3.05) is 0 Å². The Bertz CT molecular complexity index is 1310. The van der Waals surface area contributed by atoms with Crippen molar-refractivity contribution in [1.29, 1.82) is 0 Å². The number of aromatic amines is 2. The fraction of sp³-hybridized carbons (Fsp3) is 0. The van der Waals surface area contributed by atoms with Gasteiger partial charge >= 0.3 is 5.69 Å². The molecule has 0 aliphatic heterocycles. The van der Waals surface area contributed by atoms with Gasteiger partial charge in [0.05, 0.1) is 4.90 Å². The molecule has 2 aromatic heterocycles. The number of aromatic nitrogens is 4. The second kappa shape index (κ2) is 4.90. The first-order valence-corrected chi connectivity index (χ1v) is 8.35. The summed E-state index contributed by atoms with van der Waals surface area (Å²) in [5.74, 6) is 0. The van der Waals surface area contributed by atoms with E-state index in [1.54, 1.807) is 30.3 Å².